The highest BCUT2D eigenvalue weighted by Gasteiger charge is 2.04. The molecule has 0 radical (unpaired) electrons. The Labute approximate surface area is 132 Å². The van der Waals surface area contributed by atoms with Gasteiger partial charge in [0.05, 0.1) is 0 Å². The number of ether oxygens (including phenoxy) is 2. The molecule has 0 aliphatic heterocycles. The lowest BCUT2D eigenvalue weighted by Gasteiger charge is -2.13. The third-order valence-corrected chi connectivity index (χ3v) is 3.39. The van der Waals surface area contributed by atoms with Crippen LogP contribution in [0.2, 0.25) is 0 Å². The average molecular weight is 300 g/mol. The van der Waals surface area contributed by atoms with Crippen molar-refractivity contribution in [3.8, 4) is 5.75 Å². The molecule has 0 saturated heterocycles. The maximum atomic E-state index is 5.85. The summed E-state index contributed by atoms with van der Waals surface area (Å²) in [5.41, 5.74) is 9.06. The van der Waals surface area contributed by atoms with Crippen molar-refractivity contribution in [1.82, 2.24) is 0 Å². The van der Waals surface area contributed by atoms with Gasteiger partial charge in [-0.05, 0) is 23.6 Å². The molecule has 0 amide bonds. The first-order valence-corrected chi connectivity index (χ1v) is 7.56. The highest BCUT2D eigenvalue weighted by molar-refractivity contribution is 5.55. The fourth-order valence-electron chi connectivity index (χ4n) is 2.17. The zero-order valence-electron chi connectivity index (χ0n) is 13.0. The van der Waals surface area contributed by atoms with Gasteiger partial charge in [0.15, 0.2) is 0 Å². The number of benzene rings is 2. The molecule has 0 atom stereocenters. The molecule has 0 saturated carbocycles. The molecule has 2 aromatic carbocycles. The second-order valence-corrected chi connectivity index (χ2v) is 5.07. The predicted octanol–water partition coefficient (Wildman–Crippen LogP) is 3.17. The van der Waals surface area contributed by atoms with Gasteiger partial charge >= 0.3 is 0 Å². The summed E-state index contributed by atoms with van der Waals surface area (Å²) >= 11 is 0. The summed E-state index contributed by atoms with van der Waals surface area (Å²) in [4.78, 5) is 0. The Bertz CT molecular complexity index is 558. The highest BCUT2D eigenvalue weighted by Crippen LogP contribution is 2.23. The second kappa shape index (κ2) is 9.07. The second-order valence-electron chi connectivity index (χ2n) is 5.07. The molecule has 2 aromatic rings. The predicted molar refractivity (Wildman–Crippen MR) is 90.1 cm³/mol. The van der Waals surface area contributed by atoms with Crippen molar-refractivity contribution >= 4 is 5.69 Å². The molecule has 22 heavy (non-hydrogen) atoms. The molecular formula is C18H24N2O2. The van der Waals surface area contributed by atoms with Crippen LogP contribution in [0, 0.1) is 0 Å². The molecule has 0 heterocycles. The van der Waals surface area contributed by atoms with Gasteiger partial charge in [0.25, 0.3) is 0 Å². The number of hydrogen-bond donors (Lipinski definition) is 2. The Balaban J connectivity index is 1.96. The van der Waals surface area contributed by atoms with Gasteiger partial charge < -0.3 is 20.5 Å². The summed E-state index contributed by atoms with van der Waals surface area (Å²) in [6.07, 6.45) is 0.954. The quantitative estimate of drug-likeness (QED) is 0.698. The summed E-state index contributed by atoms with van der Waals surface area (Å²) in [7, 11) is 1.71. The Morgan fingerprint density at radius 1 is 1.09 bits per heavy atom. The van der Waals surface area contributed by atoms with Crippen LogP contribution < -0.4 is 15.8 Å². The van der Waals surface area contributed by atoms with Gasteiger partial charge in [-0.25, -0.2) is 0 Å². The number of anilines is 1. The van der Waals surface area contributed by atoms with E-state index in [-0.39, 0.29) is 0 Å². The van der Waals surface area contributed by atoms with E-state index in [1.807, 2.05) is 36.4 Å². The minimum absolute atomic E-state index is 0.506. The Morgan fingerprint density at radius 3 is 2.64 bits per heavy atom. The van der Waals surface area contributed by atoms with Crippen molar-refractivity contribution in [2.45, 2.75) is 19.6 Å². The zero-order valence-corrected chi connectivity index (χ0v) is 13.0. The van der Waals surface area contributed by atoms with Gasteiger partial charge in [-0.15, -0.1) is 0 Å². The Kier molecular flexibility index (Phi) is 6.74. The summed E-state index contributed by atoms with van der Waals surface area (Å²) < 4.78 is 10.9. The van der Waals surface area contributed by atoms with E-state index >= 15 is 0 Å². The van der Waals surface area contributed by atoms with Crippen LogP contribution in [-0.4, -0.2) is 20.3 Å². The molecule has 4 nitrogen and oxygen atoms in total. The van der Waals surface area contributed by atoms with Crippen molar-refractivity contribution in [2.24, 2.45) is 5.73 Å². The van der Waals surface area contributed by atoms with Crippen molar-refractivity contribution in [3.63, 3.8) is 0 Å². The van der Waals surface area contributed by atoms with Crippen LogP contribution in [0.15, 0.2) is 48.5 Å². The summed E-state index contributed by atoms with van der Waals surface area (Å²) in [5, 5.41) is 3.40. The molecule has 0 aromatic heterocycles. The molecule has 0 aliphatic carbocycles. The largest absolute Gasteiger partial charge is 0.489 e. The molecule has 118 valence electrons. The standard InChI is InChI=1S/C18H24N2O2/c1-21-11-5-10-20-18-12-17(9-8-16(18)13-19)22-14-15-6-3-2-4-7-15/h2-4,6-9,12,20H,5,10-11,13-14,19H2,1H3. The van der Waals surface area contributed by atoms with Crippen LogP contribution in [0.1, 0.15) is 17.5 Å². The number of rotatable bonds is 9. The molecule has 0 bridgehead atoms. The number of nitrogens with two attached hydrogens (primary N) is 1. The SMILES string of the molecule is COCCCNc1cc(OCc2ccccc2)ccc1CN. The van der Waals surface area contributed by atoms with Gasteiger partial charge in [0, 0.05) is 38.6 Å². The van der Waals surface area contributed by atoms with E-state index in [1.165, 1.54) is 0 Å². The zero-order chi connectivity index (χ0) is 15.6. The average Bonchev–Trinajstić information content (AvgIpc) is 2.58. The molecule has 0 aliphatic rings. The summed E-state index contributed by atoms with van der Waals surface area (Å²) in [6, 6.07) is 16.1. The number of hydrogen-bond acceptors (Lipinski definition) is 4. The fraction of sp³-hybridized carbons (Fsp3) is 0.333. The van der Waals surface area contributed by atoms with E-state index in [4.69, 9.17) is 15.2 Å². The summed E-state index contributed by atoms with van der Waals surface area (Å²) in [5.74, 6) is 0.843. The molecule has 0 spiro atoms. The van der Waals surface area contributed by atoms with Crippen molar-refractivity contribution in [1.29, 1.82) is 0 Å². The first-order chi connectivity index (χ1) is 10.8. The molecule has 0 fully saturated rings. The first-order valence-electron chi connectivity index (χ1n) is 7.56. The van der Waals surface area contributed by atoms with Crippen LogP contribution in [0.4, 0.5) is 5.69 Å². The molecule has 2 rings (SSSR count). The highest BCUT2D eigenvalue weighted by atomic mass is 16.5. The maximum absolute atomic E-state index is 5.85. The van der Waals surface area contributed by atoms with Crippen LogP contribution in [0.3, 0.4) is 0 Å². The lowest BCUT2D eigenvalue weighted by Crippen LogP contribution is -2.09. The van der Waals surface area contributed by atoms with Crippen LogP contribution >= 0.6 is 0 Å². The Morgan fingerprint density at radius 2 is 1.91 bits per heavy atom. The smallest absolute Gasteiger partial charge is 0.121 e. The lowest BCUT2D eigenvalue weighted by molar-refractivity contribution is 0.198. The molecular weight excluding hydrogens is 276 g/mol. The van der Waals surface area contributed by atoms with E-state index in [1.54, 1.807) is 7.11 Å². The third kappa shape index (κ3) is 5.06. The number of methoxy groups -OCH3 is 1. The van der Waals surface area contributed by atoms with Gasteiger partial charge in [0.1, 0.15) is 12.4 Å². The van der Waals surface area contributed by atoms with Crippen LogP contribution in [0.25, 0.3) is 0 Å². The van der Waals surface area contributed by atoms with E-state index in [2.05, 4.69) is 17.4 Å². The third-order valence-electron chi connectivity index (χ3n) is 3.39. The molecule has 4 heteroatoms. The minimum Gasteiger partial charge on any atom is -0.489 e. The lowest BCUT2D eigenvalue weighted by atomic mass is 10.1. The molecule has 0 unspecified atom stereocenters. The first kappa shape index (κ1) is 16.3. The summed E-state index contributed by atoms with van der Waals surface area (Å²) in [6.45, 7) is 2.66. The van der Waals surface area contributed by atoms with Crippen molar-refractivity contribution in [2.75, 3.05) is 25.6 Å². The van der Waals surface area contributed by atoms with Gasteiger partial charge in [0.2, 0.25) is 0 Å². The number of nitrogens with one attached hydrogen (secondary N) is 1. The van der Waals surface area contributed by atoms with E-state index in [9.17, 15) is 0 Å². The van der Waals surface area contributed by atoms with E-state index < -0.39 is 0 Å². The van der Waals surface area contributed by atoms with Crippen molar-refractivity contribution in [3.05, 3.63) is 59.7 Å². The van der Waals surface area contributed by atoms with Gasteiger partial charge in [-0.3, -0.25) is 0 Å². The van der Waals surface area contributed by atoms with Crippen LogP contribution in [-0.2, 0) is 17.9 Å². The van der Waals surface area contributed by atoms with Gasteiger partial charge in [-0.1, -0.05) is 36.4 Å². The molecule has 3 N–H and O–H groups in total. The van der Waals surface area contributed by atoms with E-state index in [0.717, 1.165) is 42.1 Å². The van der Waals surface area contributed by atoms with Gasteiger partial charge in [-0.2, -0.15) is 0 Å². The maximum Gasteiger partial charge on any atom is 0.121 e. The fourth-order valence-corrected chi connectivity index (χ4v) is 2.17. The van der Waals surface area contributed by atoms with Crippen LogP contribution in [0.5, 0.6) is 5.75 Å². The topological polar surface area (TPSA) is 56.5 Å². The Hall–Kier alpha value is -2.04. The van der Waals surface area contributed by atoms with Crippen molar-refractivity contribution < 1.29 is 9.47 Å². The van der Waals surface area contributed by atoms with E-state index in [0.29, 0.717) is 13.2 Å². The monoisotopic (exact) mass is 300 g/mol. The minimum atomic E-state index is 0.506. The normalized spacial score (nSPS) is 10.5.